The third-order valence-corrected chi connectivity index (χ3v) is 5.85. The van der Waals surface area contributed by atoms with Crippen LogP contribution in [0.3, 0.4) is 0 Å². The summed E-state index contributed by atoms with van der Waals surface area (Å²) in [6.07, 6.45) is 0. The molecule has 19 heavy (non-hydrogen) atoms. The van der Waals surface area contributed by atoms with Crippen LogP contribution in [0.25, 0.3) is 0 Å². The minimum absolute atomic E-state index is 0.0273. The van der Waals surface area contributed by atoms with Crippen molar-refractivity contribution in [2.24, 2.45) is 0 Å². The Bertz CT molecular complexity index is 629. The van der Waals surface area contributed by atoms with Crippen LogP contribution in [0.2, 0.25) is 5.02 Å². The van der Waals surface area contributed by atoms with E-state index in [1.165, 1.54) is 11.9 Å². The second kappa shape index (κ2) is 5.01. The van der Waals surface area contributed by atoms with Crippen molar-refractivity contribution in [3.05, 3.63) is 27.4 Å². The number of carbonyl (C=O) groups is 1. The maximum Gasteiger partial charge on any atom is 0.247 e. The highest BCUT2D eigenvalue weighted by Gasteiger charge is 2.36. The summed E-state index contributed by atoms with van der Waals surface area (Å²) in [5, 5.41) is -0.228. The lowest BCUT2D eigenvalue weighted by atomic mass is 10.3. The highest BCUT2D eigenvalue weighted by atomic mass is 79.9. The minimum Gasteiger partial charge on any atom is -0.331 e. The van der Waals surface area contributed by atoms with Crippen LogP contribution in [-0.4, -0.2) is 43.8 Å². The highest BCUT2D eigenvalue weighted by Crippen LogP contribution is 2.33. The number of likely N-dealkylation sites (N-methyl/N-ethyl adjacent to an activating group) is 1. The average Bonchev–Trinajstić information content (AvgIpc) is 2.57. The van der Waals surface area contributed by atoms with Crippen molar-refractivity contribution in [3.63, 3.8) is 0 Å². The molecule has 0 aromatic heterocycles. The van der Waals surface area contributed by atoms with E-state index in [1.807, 2.05) is 0 Å². The van der Waals surface area contributed by atoms with Gasteiger partial charge in [0.15, 0.2) is 0 Å². The van der Waals surface area contributed by atoms with Gasteiger partial charge in [-0.25, -0.2) is 12.8 Å². The smallest absolute Gasteiger partial charge is 0.247 e. The maximum atomic E-state index is 13.1. The zero-order valence-corrected chi connectivity index (χ0v) is 12.9. The lowest BCUT2D eigenvalue weighted by Gasteiger charge is -2.17. The summed E-state index contributed by atoms with van der Waals surface area (Å²) in [7, 11) is -2.46. The van der Waals surface area contributed by atoms with E-state index in [1.54, 1.807) is 0 Å². The van der Waals surface area contributed by atoms with Crippen molar-refractivity contribution in [1.82, 2.24) is 9.21 Å². The zero-order valence-electron chi connectivity index (χ0n) is 9.73. The molecule has 0 N–H and O–H groups in total. The molecular weight excluding hydrogens is 363 g/mol. The Morgan fingerprint density at radius 1 is 1.42 bits per heavy atom. The van der Waals surface area contributed by atoms with E-state index in [9.17, 15) is 17.6 Å². The van der Waals surface area contributed by atoms with E-state index in [4.69, 9.17) is 11.6 Å². The molecule has 0 aliphatic carbocycles. The van der Waals surface area contributed by atoms with Gasteiger partial charge in [0.25, 0.3) is 0 Å². The summed E-state index contributed by atoms with van der Waals surface area (Å²) in [5.74, 6) is -0.955. The van der Waals surface area contributed by atoms with Crippen LogP contribution in [0, 0.1) is 5.82 Å². The third kappa shape index (κ3) is 2.62. The number of benzene rings is 1. The molecule has 104 valence electrons. The summed E-state index contributed by atoms with van der Waals surface area (Å²) >= 11 is 8.78. The van der Waals surface area contributed by atoms with Gasteiger partial charge in [0.05, 0.1) is 18.2 Å². The molecule has 0 spiro atoms. The van der Waals surface area contributed by atoms with Gasteiger partial charge in [0.2, 0.25) is 15.9 Å². The molecule has 0 atom stereocenters. The van der Waals surface area contributed by atoms with E-state index in [0.717, 1.165) is 16.4 Å². The van der Waals surface area contributed by atoms with Gasteiger partial charge in [-0.2, -0.15) is 4.31 Å². The molecule has 1 aliphatic rings. The number of rotatable bonds is 2. The summed E-state index contributed by atoms with van der Waals surface area (Å²) < 4.78 is 38.9. The molecule has 1 heterocycles. The predicted molar refractivity (Wildman–Crippen MR) is 70.6 cm³/mol. The third-order valence-electron chi connectivity index (χ3n) is 2.67. The molecule has 1 aromatic carbocycles. The average molecular weight is 372 g/mol. The number of sulfonamides is 1. The number of hydrogen-bond donors (Lipinski definition) is 0. The molecule has 5 nitrogen and oxygen atoms in total. The Morgan fingerprint density at radius 3 is 2.53 bits per heavy atom. The van der Waals surface area contributed by atoms with Crippen molar-refractivity contribution in [2.75, 3.05) is 20.3 Å². The Morgan fingerprint density at radius 2 is 2.05 bits per heavy atom. The second-order valence-electron chi connectivity index (χ2n) is 4.05. The highest BCUT2D eigenvalue weighted by molar-refractivity contribution is 9.10. The standard InChI is InChI=1S/C10H9BrClFN2O3S/c1-14-5-15(4-9(14)16)19(17,18)10-7(11)2-6(13)3-8(10)12/h2-3H,4-5H2,1H3. The van der Waals surface area contributed by atoms with Crippen molar-refractivity contribution >= 4 is 43.5 Å². The predicted octanol–water partition coefficient (Wildman–Crippen LogP) is 1.66. The number of halogens is 3. The Balaban J connectivity index is 2.50. The maximum absolute atomic E-state index is 13.1. The molecule has 0 radical (unpaired) electrons. The second-order valence-corrected chi connectivity index (χ2v) is 7.18. The lowest BCUT2D eigenvalue weighted by Crippen LogP contribution is -2.30. The molecule has 1 fully saturated rings. The summed E-state index contributed by atoms with van der Waals surface area (Å²) in [4.78, 5) is 12.4. The van der Waals surface area contributed by atoms with Gasteiger partial charge in [-0.15, -0.1) is 0 Å². The molecule has 1 amide bonds. The first-order valence-corrected chi connectivity index (χ1v) is 7.73. The monoisotopic (exact) mass is 370 g/mol. The van der Waals surface area contributed by atoms with Gasteiger partial charge in [-0.05, 0) is 28.1 Å². The normalized spacial score (nSPS) is 17.3. The van der Waals surface area contributed by atoms with Crippen LogP contribution in [0.15, 0.2) is 21.5 Å². The fraction of sp³-hybridized carbons (Fsp3) is 0.300. The largest absolute Gasteiger partial charge is 0.331 e. The fourth-order valence-electron chi connectivity index (χ4n) is 1.70. The van der Waals surface area contributed by atoms with Gasteiger partial charge in [-0.3, -0.25) is 4.79 Å². The van der Waals surface area contributed by atoms with E-state index in [0.29, 0.717) is 0 Å². The van der Waals surface area contributed by atoms with Crippen molar-refractivity contribution in [2.45, 2.75) is 4.90 Å². The first-order chi connectivity index (χ1) is 8.73. The number of amides is 1. The van der Waals surface area contributed by atoms with E-state index >= 15 is 0 Å². The van der Waals surface area contributed by atoms with Crippen LogP contribution >= 0.6 is 27.5 Å². The van der Waals surface area contributed by atoms with Gasteiger partial charge < -0.3 is 4.90 Å². The van der Waals surface area contributed by atoms with Crippen LogP contribution in [0.4, 0.5) is 4.39 Å². The van der Waals surface area contributed by atoms with Gasteiger partial charge >= 0.3 is 0 Å². The molecule has 2 rings (SSSR count). The summed E-state index contributed by atoms with van der Waals surface area (Å²) in [5.41, 5.74) is 0. The Labute approximate surface area is 123 Å². The molecule has 0 saturated carbocycles. The van der Waals surface area contributed by atoms with Crippen molar-refractivity contribution in [1.29, 1.82) is 0 Å². The number of hydrogen-bond acceptors (Lipinski definition) is 3. The molecule has 9 heteroatoms. The van der Waals surface area contributed by atoms with Crippen molar-refractivity contribution < 1.29 is 17.6 Å². The molecule has 1 aromatic rings. The fourth-order valence-corrected chi connectivity index (χ4v) is 4.84. The van der Waals surface area contributed by atoms with E-state index in [2.05, 4.69) is 15.9 Å². The Kier molecular flexibility index (Phi) is 3.87. The molecule has 1 aliphatic heterocycles. The minimum atomic E-state index is -3.96. The van der Waals surface area contributed by atoms with Crippen LogP contribution in [0.1, 0.15) is 0 Å². The zero-order chi connectivity index (χ0) is 14.4. The first kappa shape index (κ1) is 14.7. The topological polar surface area (TPSA) is 57.7 Å². The van der Waals surface area contributed by atoms with Crippen LogP contribution in [0.5, 0.6) is 0 Å². The summed E-state index contributed by atoms with van der Waals surface area (Å²) in [6, 6.07) is 1.93. The quantitative estimate of drug-likeness (QED) is 0.794. The molecule has 0 unspecified atom stereocenters. The summed E-state index contributed by atoms with van der Waals surface area (Å²) in [6.45, 7) is -0.305. The SMILES string of the molecule is CN1CN(S(=O)(=O)c2c(Cl)cc(F)cc2Br)CC1=O. The van der Waals surface area contributed by atoms with E-state index in [-0.39, 0.29) is 33.5 Å². The number of carbonyl (C=O) groups excluding carboxylic acids is 1. The van der Waals surface area contributed by atoms with Crippen LogP contribution in [-0.2, 0) is 14.8 Å². The Hall–Kier alpha value is -0.700. The number of nitrogens with zero attached hydrogens (tertiary/aromatic N) is 2. The van der Waals surface area contributed by atoms with Crippen LogP contribution < -0.4 is 0 Å². The first-order valence-electron chi connectivity index (χ1n) is 5.12. The van der Waals surface area contributed by atoms with Crippen molar-refractivity contribution in [3.8, 4) is 0 Å². The van der Waals surface area contributed by atoms with Gasteiger partial charge in [-0.1, -0.05) is 11.6 Å². The van der Waals surface area contributed by atoms with Gasteiger partial charge in [0, 0.05) is 11.5 Å². The van der Waals surface area contributed by atoms with E-state index < -0.39 is 15.8 Å². The lowest BCUT2D eigenvalue weighted by molar-refractivity contribution is -0.125. The molecular formula is C10H9BrClFN2O3S. The van der Waals surface area contributed by atoms with Gasteiger partial charge in [0.1, 0.15) is 10.7 Å². The molecule has 1 saturated heterocycles. The molecule has 0 bridgehead atoms.